The van der Waals surface area contributed by atoms with E-state index in [2.05, 4.69) is 6.07 Å². The number of hydrogen-bond donors (Lipinski definition) is 0. The van der Waals surface area contributed by atoms with Gasteiger partial charge in [-0.25, -0.2) is 8.42 Å². The second-order valence-electron chi connectivity index (χ2n) is 5.74. The highest BCUT2D eigenvalue weighted by Gasteiger charge is 2.35. The van der Waals surface area contributed by atoms with Crippen LogP contribution in [0.2, 0.25) is 0 Å². The van der Waals surface area contributed by atoms with E-state index in [1.165, 1.54) is 0 Å². The molecule has 0 heterocycles. The van der Waals surface area contributed by atoms with Crippen molar-refractivity contribution in [2.45, 2.75) is 56.1 Å². The third-order valence-corrected chi connectivity index (χ3v) is 6.42. The summed E-state index contributed by atoms with van der Waals surface area (Å²) in [6.07, 6.45) is 4.92. The Balaban J connectivity index is 2.36. The maximum Gasteiger partial charge on any atom is 0.194 e. The maximum atomic E-state index is 12.7. The molecule has 1 aliphatic carbocycles. The molecule has 1 unspecified atom stereocenters. The standard InChI is InChI=1S/C16H21NO2S/c1-12-8-9-15(10-13(12)2)20(18,19)16(11-17)14-6-4-3-5-7-14/h8-10,14,16H,3-7H2,1-2H3. The monoisotopic (exact) mass is 291 g/mol. The zero-order valence-electron chi connectivity index (χ0n) is 12.1. The van der Waals surface area contributed by atoms with Gasteiger partial charge in [-0.3, -0.25) is 0 Å². The minimum Gasteiger partial charge on any atom is -0.222 e. The van der Waals surface area contributed by atoms with Crippen LogP contribution in [0.25, 0.3) is 0 Å². The summed E-state index contributed by atoms with van der Waals surface area (Å²) in [6.45, 7) is 3.85. The number of benzene rings is 1. The Kier molecular flexibility index (Phi) is 4.49. The fourth-order valence-electron chi connectivity index (χ4n) is 2.90. The first kappa shape index (κ1) is 15.1. The Labute approximate surface area is 121 Å². The van der Waals surface area contributed by atoms with Crippen LogP contribution >= 0.6 is 0 Å². The lowest BCUT2D eigenvalue weighted by molar-refractivity contribution is 0.362. The average Bonchev–Trinajstić information content (AvgIpc) is 2.43. The molecule has 0 aliphatic heterocycles. The molecule has 1 aromatic carbocycles. The van der Waals surface area contributed by atoms with Gasteiger partial charge in [-0.2, -0.15) is 5.26 Å². The Morgan fingerprint density at radius 1 is 1.15 bits per heavy atom. The van der Waals surface area contributed by atoms with Crippen LogP contribution in [0.3, 0.4) is 0 Å². The molecule has 0 spiro atoms. The molecule has 1 saturated carbocycles. The van der Waals surface area contributed by atoms with Gasteiger partial charge < -0.3 is 0 Å². The van der Waals surface area contributed by atoms with E-state index in [4.69, 9.17) is 0 Å². The summed E-state index contributed by atoms with van der Waals surface area (Å²) in [5.41, 5.74) is 2.02. The molecule has 0 bridgehead atoms. The highest BCUT2D eigenvalue weighted by Crippen LogP contribution is 2.32. The van der Waals surface area contributed by atoms with Crippen molar-refractivity contribution in [3.05, 3.63) is 29.3 Å². The fourth-order valence-corrected chi connectivity index (χ4v) is 4.71. The van der Waals surface area contributed by atoms with Crippen LogP contribution in [0.5, 0.6) is 0 Å². The van der Waals surface area contributed by atoms with Crippen molar-refractivity contribution in [2.75, 3.05) is 0 Å². The Hall–Kier alpha value is -1.34. The second-order valence-corrected chi connectivity index (χ2v) is 7.81. The molecule has 1 fully saturated rings. The quantitative estimate of drug-likeness (QED) is 0.855. The lowest BCUT2D eigenvalue weighted by Gasteiger charge is -2.25. The summed E-state index contributed by atoms with van der Waals surface area (Å²) in [6, 6.07) is 7.20. The molecule has 1 aromatic rings. The van der Waals surface area contributed by atoms with E-state index in [1.54, 1.807) is 12.1 Å². The van der Waals surface area contributed by atoms with E-state index < -0.39 is 15.1 Å². The fraction of sp³-hybridized carbons (Fsp3) is 0.562. The zero-order chi connectivity index (χ0) is 14.8. The lowest BCUT2D eigenvalue weighted by atomic mass is 9.87. The minimum atomic E-state index is -3.55. The van der Waals surface area contributed by atoms with Crippen molar-refractivity contribution in [2.24, 2.45) is 5.92 Å². The van der Waals surface area contributed by atoms with Crippen molar-refractivity contribution >= 4 is 9.84 Å². The van der Waals surface area contributed by atoms with Gasteiger partial charge >= 0.3 is 0 Å². The largest absolute Gasteiger partial charge is 0.222 e. The molecule has 0 saturated heterocycles. The number of sulfone groups is 1. The molecule has 3 nitrogen and oxygen atoms in total. The van der Waals surface area contributed by atoms with Gasteiger partial charge in [0.2, 0.25) is 0 Å². The molecule has 2 rings (SSSR count). The SMILES string of the molecule is Cc1ccc(S(=O)(=O)C(C#N)C2CCCCC2)cc1C. The van der Waals surface area contributed by atoms with Gasteiger partial charge in [0.25, 0.3) is 0 Å². The van der Waals surface area contributed by atoms with Crippen molar-refractivity contribution in [1.82, 2.24) is 0 Å². The van der Waals surface area contributed by atoms with Gasteiger partial charge in [-0.05, 0) is 55.9 Å². The minimum absolute atomic E-state index is 0.0136. The number of rotatable bonds is 3. The van der Waals surface area contributed by atoms with Crippen LogP contribution in [0.1, 0.15) is 43.2 Å². The summed E-state index contributed by atoms with van der Waals surface area (Å²) in [4.78, 5) is 0.290. The maximum absolute atomic E-state index is 12.7. The molecule has 0 aromatic heterocycles. The third-order valence-electron chi connectivity index (χ3n) is 4.35. The zero-order valence-corrected chi connectivity index (χ0v) is 12.9. The van der Waals surface area contributed by atoms with Gasteiger partial charge in [0.15, 0.2) is 15.1 Å². The first-order chi connectivity index (χ1) is 9.46. The van der Waals surface area contributed by atoms with Crippen molar-refractivity contribution in [3.63, 3.8) is 0 Å². The van der Waals surface area contributed by atoms with Gasteiger partial charge in [-0.1, -0.05) is 25.3 Å². The van der Waals surface area contributed by atoms with Gasteiger partial charge in [0.05, 0.1) is 11.0 Å². The van der Waals surface area contributed by atoms with Crippen LogP contribution in [0.4, 0.5) is 0 Å². The predicted octanol–water partition coefficient (Wildman–Crippen LogP) is 3.55. The highest BCUT2D eigenvalue weighted by atomic mass is 32.2. The Morgan fingerprint density at radius 2 is 1.80 bits per heavy atom. The van der Waals surface area contributed by atoms with E-state index in [-0.39, 0.29) is 10.8 Å². The third kappa shape index (κ3) is 2.88. The van der Waals surface area contributed by atoms with E-state index in [1.807, 2.05) is 19.9 Å². The summed E-state index contributed by atoms with van der Waals surface area (Å²) in [7, 11) is -3.55. The normalized spacial score (nSPS) is 18.4. The Morgan fingerprint density at radius 3 is 2.35 bits per heavy atom. The van der Waals surface area contributed by atoms with Crippen molar-refractivity contribution in [3.8, 4) is 6.07 Å². The van der Waals surface area contributed by atoms with Crippen LogP contribution in [-0.2, 0) is 9.84 Å². The molecule has 0 N–H and O–H groups in total. The summed E-state index contributed by atoms with van der Waals surface area (Å²) in [5.74, 6) is -0.0136. The van der Waals surface area contributed by atoms with E-state index in [0.717, 1.165) is 43.2 Å². The Bertz CT molecular complexity index is 622. The van der Waals surface area contributed by atoms with Gasteiger partial charge in [-0.15, -0.1) is 0 Å². The molecular weight excluding hydrogens is 270 g/mol. The molecule has 1 aliphatic rings. The molecule has 108 valence electrons. The van der Waals surface area contributed by atoms with Gasteiger partial charge in [0, 0.05) is 0 Å². The topological polar surface area (TPSA) is 57.9 Å². The van der Waals surface area contributed by atoms with Crippen LogP contribution in [0.15, 0.2) is 23.1 Å². The molecule has 20 heavy (non-hydrogen) atoms. The molecular formula is C16H21NO2S. The average molecular weight is 291 g/mol. The van der Waals surface area contributed by atoms with E-state index >= 15 is 0 Å². The number of nitrogens with zero attached hydrogens (tertiary/aromatic N) is 1. The molecule has 0 amide bonds. The lowest BCUT2D eigenvalue weighted by Crippen LogP contribution is -2.30. The molecule has 0 radical (unpaired) electrons. The van der Waals surface area contributed by atoms with Crippen LogP contribution < -0.4 is 0 Å². The summed E-state index contributed by atoms with van der Waals surface area (Å²) < 4.78 is 25.4. The molecule has 1 atom stereocenters. The van der Waals surface area contributed by atoms with E-state index in [9.17, 15) is 13.7 Å². The van der Waals surface area contributed by atoms with Crippen molar-refractivity contribution < 1.29 is 8.42 Å². The van der Waals surface area contributed by atoms with E-state index in [0.29, 0.717) is 0 Å². The highest BCUT2D eigenvalue weighted by molar-refractivity contribution is 7.92. The van der Waals surface area contributed by atoms with Crippen LogP contribution in [0, 0.1) is 31.1 Å². The summed E-state index contributed by atoms with van der Waals surface area (Å²) in [5, 5.41) is 8.47. The first-order valence-electron chi connectivity index (χ1n) is 7.17. The predicted molar refractivity (Wildman–Crippen MR) is 79.1 cm³/mol. The smallest absolute Gasteiger partial charge is 0.194 e. The van der Waals surface area contributed by atoms with Gasteiger partial charge in [0.1, 0.15) is 0 Å². The van der Waals surface area contributed by atoms with Crippen molar-refractivity contribution in [1.29, 1.82) is 5.26 Å². The number of hydrogen-bond acceptors (Lipinski definition) is 3. The van der Waals surface area contributed by atoms with Crippen LogP contribution in [-0.4, -0.2) is 13.7 Å². The first-order valence-corrected chi connectivity index (χ1v) is 8.72. The number of aryl methyl sites for hydroxylation is 2. The summed E-state index contributed by atoms with van der Waals surface area (Å²) >= 11 is 0. The molecule has 4 heteroatoms. The second kappa shape index (κ2) is 5.97. The number of nitriles is 1.